The number of nitrogens with zero attached hydrogens (tertiary/aromatic N) is 1. The van der Waals surface area contributed by atoms with E-state index in [0.717, 1.165) is 36.0 Å². The molecule has 0 saturated carbocycles. The summed E-state index contributed by atoms with van der Waals surface area (Å²) in [5, 5.41) is 9.80. The maximum atomic E-state index is 9.80. The van der Waals surface area contributed by atoms with Gasteiger partial charge in [0, 0.05) is 17.8 Å². The van der Waals surface area contributed by atoms with Crippen molar-refractivity contribution in [2.75, 3.05) is 6.61 Å². The lowest BCUT2D eigenvalue weighted by Crippen LogP contribution is -1.98. The first-order valence-electron chi connectivity index (χ1n) is 7.61. The molecule has 1 unspecified atom stereocenters. The van der Waals surface area contributed by atoms with Crippen LogP contribution in [0.3, 0.4) is 0 Å². The molecule has 0 bridgehead atoms. The van der Waals surface area contributed by atoms with E-state index in [2.05, 4.69) is 11.9 Å². The number of hydrogen-bond acceptors (Lipinski definition) is 3. The van der Waals surface area contributed by atoms with Crippen LogP contribution >= 0.6 is 0 Å². The number of benzene rings is 1. The van der Waals surface area contributed by atoms with E-state index in [1.807, 2.05) is 49.5 Å². The number of aromatic nitrogens is 1. The molecule has 2 rings (SSSR count). The van der Waals surface area contributed by atoms with Crippen molar-refractivity contribution < 1.29 is 9.84 Å². The van der Waals surface area contributed by atoms with Gasteiger partial charge in [0.15, 0.2) is 0 Å². The van der Waals surface area contributed by atoms with Crippen molar-refractivity contribution in [2.24, 2.45) is 0 Å². The molecule has 1 heterocycles. The van der Waals surface area contributed by atoms with Crippen LogP contribution in [-0.4, -0.2) is 16.7 Å². The standard InChI is InChI=1S/C18H23NO2/c1-3-5-12-21-18-11-10-16(13-19-18)14-6-8-15(9-7-14)17(20)4-2/h6-11,13,17,20H,3-5,12H2,1-2H3. The summed E-state index contributed by atoms with van der Waals surface area (Å²) in [5.41, 5.74) is 3.10. The first-order valence-corrected chi connectivity index (χ1v) is 7.61. The molecule has 21 heavy (non-hydrogen) atoms. The molecule has 2 aromatic rings. The van der Waals surface area contributed by atoms with Crippen LogP contribution in [0.25, 0.3) is 11.1 Å². The highest BCUT2D eigenvalue weighted by atomic mass is 16.5. The van der Waals surface area contributed by atoms with Gasteiger partial charge in [0.05, 0.1) is 12.7 Å². The summed E-state index contributed by atoms with van der Waals surface area (Å²) >= 11 is 0. The Balaban J connectivity index is 2.04. The van der Waals surface area contributed by atoms with Crippen molar-refractivity contribution in [3.05, 3.63) is 48.2 Å². The highest BCUT2D eigenvalue weighted by Gasteiger charge is 2.05. The largest absolute Gasteiger partial charge is 0.478 e. The van der Waals surface area contributed by atoms with Crippen LogP contribution < -0.4 is 4.74 Å². The average molecular weight is 285 g/mol. The Bertz CT molecular complexity index is 534. The maximum absolute atomic E-state index is 9.80. The predicted molar refractivity (Wildman–Crippen MR) is 85.3 cm³/mol. The van der Waals surface area contributed by atoms with E-state index in [4.69, 9.17) is 4.74 Å². The van der Waals surface area contributed by atoms with Gasteiger partial charge in [-0.05, 0) is 30.0 Å². The number of rotatable bonds is 7. The van der Waals surface area contributed by atoms with Crippen molar-refractivity contribution in [3.63, 3.8) is 0 Å². The fraction of sp³-hybridized carbons (Fsp3) is 0.389. The molecule has 1 atom stereocenters. The van der Waals surface area contributed by atoms with Crippen LogP contribution in [0, 0.1) is 0 Å². The van der Waals surface area contributed by atoms with E-state index in [-0.39, 0.29) is 6.10 Å². The van der Waals surface area contributed by atoms with Crippen LogP contribution in [-0.2, 0) is 0 Å². The lowest BCUT2D eigenvalue weighted by atomic mass is 10.0. The van der Waals surface area contributed by atoms with E-state index in [1.165, 1.54) is 0 Å². The van der Waals surface area contributed by atoms with Crippen LogP contribution in [0.5, 0.6) is 5.88 Å². The molecular formula is C18H23NO2. The quantitative estimate of drug-likeness (QED) is 0.768. The number of pyridine rings is 1. The molecule has 0 aliphatic carbocycles. The predicted octanol–water partition coefficient (Wildman–Crippen LogP) is 4.37. The molecule has 112 valence electrons. The Morgan fingerprint density at radius 3 is 2.33 bits per heavy atom. The molecular weight excluding hydrogens is 262 g/mol. The SMILES string of the molecule is CCCCOc1ccc(-c2ccc(C(O)CC)cc2)cn1. The topological polar surface area (TPSA) is 42.4 Å². The molecule has 0 radical (unpaired) electrons. The molecule has 3 heteroatoms. The molecule has 0 saturated heterocycles. The minimum atomic E-state index is -0.383. The molecule has 0 amide bonds. The van der Waals surface area contributed by atoms with Gasteiger partial charge in [0.1, 0.15) is 0 Å². The lowest BCUT2D eigenvalue weighted by molar-refractivity contribution is 0.173. The molecule has 0 fully saturated rings. The van der Waals surface area contributed by atoms with Gasteiger partial charge < -0.3 is 9.84 Å². The third-order valence-electron chi connectivity index (χ3n) is 3.50. The van der Waals surface area contributed by atoms with Gasteiger partial charge in [0.25, 0.3) is 0 Å². The smallest absolute Gasteiger partial charge is 0.213 e. The molecule has 1 aromatic carbocycles. The molecule has 0 spiro atoms. The van der Waals surface area contributed by atoms with E-state index in [0.29, 0.717) is 12.5 Å². The van der Waals surface area contributed by atoms with Crippen LogP contribution in [0.15, 0.2) is 42.6 Å². The normalized spacial score (nSPS) is 12.1. The molecule has 1 aromatic heterocycles. The van der Waals surface area contributed by atoms with Crippen molar-refractivity contribution in [2.45, 2.75) is 39.2 Å². The van der Waals surface area contributed by atoms with Gasteiger partial charge in [0.2, 0.25) is 5.88 Å². The fourth-order valence-corrected chi connectivity index (χ4v) is 2.09. The number of aliphatic hydroxyl groups excluding tert-OH is 1. The third kappa shape index (κ3) is 4.30. The molecule has 0 aliphatic heterocycles. The Labute approximate surface area is 126 Å². The van der Waals surface area contributed by atoms with Crippen molar-refractivity contribution >= 4 is 0 Å². The Morgan fingerprint density at radius 2 is 1.76 bits per heavy atom. The lowest BCUT2D eigenvalue weighted by Gasteiger charge is -2.09. The first-order chi connectivity index (χ1) is 10.2. The Morgan fingerprint density at radius 1 is 1.05 bits per heavy atom. The van der Waals surface area contributed by atoms with E-state index in [1.54, 1.807) is 0 Å². The van der Waals surface area contributed by atoms with Gasteiger partial charge in [-0.2, -0.15) is 0 Å². The first kappa shape index (κ1) is 15.5. The number of unbranched alkanes of at least 4 members (excludes halogenated alkanes) is 1. The Kier molecular flexibility index (Phi) is 5.76. The summed E-state index contributed by atoms with van der Waals surface area (Å²) in [6.45, 7) is 4.82. The van der Waals surface area contributed by atoms with Gasteiger partial charge in [-0.15, -0.1) is 0 Å². The second-order valence-corrected chi connectivity index (χ2v) is 5.13. The summed E-state index contributed by atoms with van der Waals surface area (Å²) in [6.07, 6.45) is 4.34. The molecule has 0 aliphatic rings. The minimum Gasteiger partial charge on any atom is -0.478 e. The number of hydrogen-bond donors (Lipinski definition) is 1. The zero-order valence-corrected chi connectivity index (χ0v) is 12.7. The van der Waals surface area contributed by atoms with Crippen molar-refractivity contribution in [1.29, 1.82) is 0 Å². The summed E-state index contributed by atoms with van der Waals surface area (Å²) in [7, 11) is 0. The van der Waals surface area contributed by atoms with Gasteiger partial charge in [-0.3, -0.25) is 0 Å². The fourth-order valence-electron chi connectivity index (χ4n) is 2.09. The van der Waals surface area contributed by atoms with E-state index in [9.17, 15) is 5.11 Å². The van der Waals surface area contributed by atoms with Gasteiger partial charge in [-0.25, -0.2) is 4.98 Å². The van der Waals surface area contributed by atoms with Crippen molar-refractivity contribution in [3.8, 4) is 17.0 Å². The Hall–Kier alpha value is -1.87. The minimum absolute atomic E-state index is 0.383. The van der Waals surface area contributed by atoms with Crippen LogP contribution in [0.2, 0.25) is 0 Å². The second-order valence-electron chi connectivity index (χ2n) is 5.13. The third-order valence-corrected chi connectivity index (χ3v) is 3.50. The van der Waals surface area contributed by atoms with Gasteiger partial charge >= 0.3 is 0 Å². The van der Waals surface area contributed by atoms with Gasteiger partial charge in [-0.1, -0.05) is 44.5 Å². The maximum Gasteiger partial charge on any atom is 0.213 e. The molecule has 1 N–H and O–H groups in total. The summed E-state index contributed by atoms with van der Waals surface area (Å²) in [4.78, 5) is 4.33. The molecule has 3 nitrogen and oxygen atoms in total. The van der Waals surface area contributed by atoms with Crippen LogP contribution in [0.1, 0.15) is 44.8 Å². The van der Waals surface area contributed by atoms with E-state index >= 15 is 0 Å². The number of ether oxygens (including phenoxy) is 1. The number of aliphatic hydroxyl groups is 1. The zero-order chi connectivity index (χ0) is 15.1. The van der Waals surface area contributed by atoms with E-state index < -0.39 is 0 Å². The summed E-state index contributed by atoms with van der Waals surface area (Å²) in [5.74, 6) is 0.672. The zero-order valence-electron chi connectivity index (χ0n) is 12.7. The van der Waals surface area contributed by atoms with Crippen LogP contribution in [0.4, 0.5) is 0 Å². The average Bonchev–Trinajstić information content (AvgIpc) is 2.55. The highest BCUT2D eigenvalue weighted by Crippen LogP contribution is 2.23. The summed E-state index contributed by atoms with van der Waals surface area (Å²) in [6, 6.07) is 11.9. The second kappa shape index (κ2) is 7.79. The summed E-state index contributed by atoms with van der Waals surface area (Å²) < 4.78 is 5.56. The van der Waals surface area contributed by atoms with Crippen molar-refractivity contribution in [1.82, 2.24) is 4.98 Å². The highest BCUT2D eigenvalue weighted by molar-refractivity contribution is 5.63. The monoisotopic (exact) mass is 285 g/mol.